The molecule has 0 saturated heterocycles. The number of carbonyl (C=O) groups is 5. The van der Waals surface area contributed by atoms with Gasteiger partial charge in [0.1, 0.15) is 18.1 Å². The summed E-state index contributed by atoms with van der Waals surface area (Å²) >= 11 is 0. The highest BCUT2D eigenvalue weighted by molar-refractivity contribution is 5.94. The van der Waals surface area contributed by atoms with Crippen LogP contribution in [0, 0.1) is 5.92 Å². The van der Waals surface area contributed by atoms with Gasteiger partial charge in [-0.3, -0.25) is 19.2 Å². The molecule has 12 nitrogen and oxygen atoms in total. The van der Waals surface area contributed by atoms with Gasteiger partial charge in [-0.25, -0.2) is 4.79 Å². The van der Waals surface area contributed by atoms with E-state index >= 15 is 0 Å². The molecule has 38 heavy (non-hydrogen) atoms. The average Bonchev–Trinajstić information content (AvgIpc) is 2.89. The van der Waals surface area contributed by atoms with Crippen LogP contribution in [-0.4, -0.2) is 70.6 Å². The zero-order valence-corrected chi connectivity index (χ0v) is 22.0. The molecule has 9 N–H and O–H groups in total. The molecule has 3 amide bonds. The van der Waals surface area contributed by atoms with Crippen molar-refractivity contribution in [2.45, 2.75) is 83.0 Å². The number of hydrogen-bond acceptors (Lipinski definition) is 7. The van der Waals surface area contributed by atoms with E-state index in [1.807, 2.05) is 19.9 Å². The molecule has 1 aromatic rings. The minimum absolute atomic E-state index is 0.121. The first kappa shape index (κ1) is 32.5. The lowest BCUT2D eigenvalue weighted by Gasteiger charge is -2.26. The van der Waals surface area contributed by atoms with Crippen LogP contribution in [0.2, 0.25) is 0 Å². The van der Waals surface area contributed by atoms with Crippen molar-refractivity contribution >= 4 is 29.7 Å². The quantitative estimate of drug-likeness (QED) is 0.127. The second-order valence-electron chi connectivity index (χ2n) is 9.34. The van der Waals surface area contributed by atoms with Gasteiger partial charge in [-0.05, 0) is 43.7 Å². The molecule has 0 aliphatic heterocycles. The SMILES string of the molecule is CCC(C)C(N)C(=O)NC(Cc1ccccc1)C(=O)NC(CCCCN)C(=O)NC(CCC(=O)O)C(=O)O. The van der Waals surface area contributed by atoms with E-state index in [2.05, 4.69) is 16.0 Å². The summed E-state index contributed by atoms with van der Waals surface area (Å²) < 4.78 is 0. The van der Waals surface area contributed by atoms with Crippen LogP contribution in [0.5, 0.6) is 0 Å². The van der Waals surface area contributed by atoms with E-state index in [1.54, 1.807) is 24.3 Å². The lowest BCUT2D eigenvalue weighted by atomic mass is 9.98. The Labute approximate surface area is 222 Å². The zero-order chi connectivity index (χ0) is 28.7. The average molecular weight is 536 g/mol. The number of aliphatic carboxylic acids is 2. The van der Waals surface area contributed by atoms with Crippen LogP contribution in [0.25, 0.3) is 0 Å². The molecule has 5 atom stereocenters. The number of nitrogens with two attached hydrogens (primary N) is 2. The Morgan fingerprint density at radius 3 is 1.97 bits per heavy atom. The molecule has 0 aliphatic carbocycles. The minimum Gasteiger partial charge on any atom is -0.481 e. The van der Waals surface area contributed by atoms with Crippen LogP contribution >= 0.6 is 0 Å². The van der Waals surface area contributed by atoms with E-state index in [9.17, 15) is 29.1 Å². The van der Waals surface area contributed by atoms with E-state index in [0.29, 0.717) is 25.8 Å². The standard InChI is InChI=1S/C26H41N5O7/c1-3-16(2)22(28)25(36)31-20(15-17-9-5-4-6-10-17)24(35)29-18(11-7-8-14-27)23(34)30-19(26(37)38)12-13-21(32)33/h4-6,9-10,16,18-20,22H,3,7-8,11-15,27-28H2,1-2H3,(H,29,35)(H,30,34)(H,31,36)(H,32,33)(H,37,38). The number of rotatable bonds is 18. The number of nitrogens with one attached hydrogen (secondary N) is 3. The van der Waals surface area contributed by atoms with Gasteiger partial charge in [-0.1, -0.05) is 50.6 Å². The largest absolute Gasteiger partial charge is 0.481 e. The van der Waals surface area contributed by atoms with Crippen LogP contribution in [0.15, 0.2) is 30.3 Å². The highest BCUT2D eigenvalue weighted by atomic mass is 16.4. The summed E-state index contributed by atoms with van der Waals surface area (Å²) in [4.78, 5) is 61.6. The van der Waals surface area contributed by atoms with Crippen LogP contribution in [0.4, 0.5) is 0 Å². The van der Waals surface area contributed by atoms with Crippen LogP contribution < -0.4 is 27.4 Å². The van der Waals surface area contributed by atoms with Crippen molar-refractivity contribution in [3.8, 4) is 0 Å². The molecular weight excluding hydrogens is 494 g/mol. The predicted octanol–water partition coefficient (Wildman–Crippen LogP) is 0.135. The first-order valence-corrected chi connectivity index (χ1v) is 12.8. The molecule has 0 spiro atoms. The molecule has 0 heterocycles. The minimum atomic E-state index is -1.44. The molecule has 0 radical (unpaired) electrons. The number of amides is 3. The molecule has 212 valence electrons. The maximum absolute atomic E-state index is 13.4. The monoisotopic (exact) mass is 535 g/mol. The summed E-state index contributed by atoms with van der Waals surface area (Å²) in [5.41, 5.74) is 12.4. The molecule has 0 aliphatic rings. The van der Waals surface area contributed by atoms with Gasteiger partial charge in [-0.2, -0.15) is 0 Å². The Morgan fingerprint density at radius 1 is 0.842 bits per heavy atom. The highest BCUT2D eigenvalue weighted by Gasteiger charge is 2.31. The molecule has 0 bridgehead atoms. The third kappa shape index (κ3) is 11.7. The molecule has 1 rings (SSSR count). The van der Waals surface area contributed by atoms with Crippen molar-refractivity contribution in [3.63, 3.8) is 0 Å². The Bertz CT molecular complexity index is 928. The van der Waals surface area contributed by atoms with Crippen molar-refractivity contribution in [2.24, 2.45) is 17.4 Å². The second kappa shape index (κ2) is 17.1. The van der Waals surface area contributed by atoms with Gasteiger partial charge in [0, 0.05) is 12.8 Å². The van der Waals surface area contributed by atoms with Crippen LogP contribution in [0.1, 0.15) is 57.9 Å². The summed E-state index contributed by atoms with van der Waals surface area (Å²) in [6, 6.07) is 4.55. The smallest absolute Gasteiger partial charge is 0.326 e. The maximum Gasteiger partial charge on any atom is 0.326 e. The number of carboxylic acid groups (broad SMARTS) is 2. The zero-order valence-electron chi connectivity index (χ0n) is 22.0. The van der Waals surface area contributed by atoms with E-state index in [-0.39, 0.29) is 25.2 Å². The van der Waals surface area contributed by atoms with Crippen molar-refractivity contribution < 1.29 is 34.2 Å². The van der Waals surface area contributed by atoms with Crippen molar-refractivity contribution in [1.82, 2.24) is 16.0 Å². The van der Waals surface area contributed by atoms with Gasteiger partial charge in [0.05, 0.1) is 6.04 Å². The Morgan fingerprint density at radius 2 is 1.42 bits per heavy atom. The Hall–Kier alpha value is -3.51. The predicted molar refractivity (Wildman–Crippen MR) is 141 cm³/mol. The van der Waals surface area contributed by atoms with Gasteiger partial charge < -0.3 is 37.6 Å². The Kier molecular flexibility index (Phi) is 14.6. The van der Waals surface area contributed by atoms with E-state index in [0.717, 1.165) is 5.56 Å². The number of unbranched alkanes of at least 4 members (excludes halogenated alkanes) is 1. The first-order chi connectivity index (χ1) is 18.0. The number of benzene rings is 1. The molecule has 12 heteroatoms. The number of carbonyl (C=O) groups excluding carboxylic acids is 3. The van der Waals surface area contributed by atoms with Crippen LogP contribution in [-0.2, 0) is 30.4 Å². The van der Waals surface area contributed by atoms with E-state index < -0.39 is 60.2 Å². The molecular formula is C26H41N5O7. The van der Waals surface area contributed by atoms with E-state index in [1.165, 1.54) is 0 Å². The number of hydrogen-bond donors (Lipinski definition) is 7. The van der Waals surface area contributed by atoms with Gasteiger partial charge in [-0.15, -0.1) is 0 Å². The summed E-state index contributed by atoms with van der Waals surface area (Å²) in [6.07, 6.45) is 1.23. The van der Waals surface area contributed by atoms with Gasteiger partial charge in [0.15, 0.2) is 0 Å². The third-order valence-electron chi connectivity index (χ3n) is 6.32. The summed E-state index contributed by atoms with van der Waals surface area (Å²) in [7, 11) is 0. The van der Waals surface area contributed by atoms with Crippen molar-refractivity contribution in [3.05, 3.63) is 35.9 Å². The molecule has 0 aromatic heterocycles. The van der Waals surface area contributed by atoms with Crippen molar-refractivity contribution in [2.75, 3.05) is 6.54 Å². The molecule has 0 fully saturated rings. The fraction of sp³-hybridized carbons (Fsp3) is 0.577. The number of carboxylic acids is 2. The van der Waals surface area contributed by atoms with Crippen LogP contribution in [0.3, 0.4) is 0 Å². The highest BCUT2D eigenvalue weighted by Crippen LogP contribution is 2.10. The normalized spacial score (nSPS) is 14.8. The molecule has 1 aromatic carbocycles. The van der Waals surface area contributed by atoms with Gasteiger partial charge >= 0.3 is 11.9 Å². The van der Waals surface area contributed by atoms with Gasteiger partial charge in [0.2, 0.25) is 17.7 Å². The summed E-state index contributed by atoms with van der Waals surface area (Å²) in [5, 5.41) is 25.9. The second-order valence-corrected chi connectivity index (χ2v) is 9.34. The Balaban J connectivity index is 3.11. The lowest BCUT2D eigenvalue weighted by molar-refractivity contribution is -0.143. The van der Waals surface area contributed by atoms with Crippen molar-refractivity contribution in [1.29, 1.82) is 0 Å². The summed E-state index contributed by atoms with van der Waals surface area (Å²) in [5.74, 6) is -4.62. The maximum atomic E-state index is 13.4. The molecule has 5 unspecified atom stereocenters. The third-order valence-corrected chi connectivity index (χ3v) is 6.32. The summed E-state index contributed by atoms with van der Waals surface area (Å²) in [6.45, 7) is 4.09. The lowest BCUT2D eigenvalue weighted by Crippen LogP contribution is -2.58. The molecule has 0 saturated carbocycles. The topological polar surface area (TPSA) is 214 Å². The fourth-order valence-corrected chi connectivity index (χ4v) is 3.67. The first-order valence-electron chi connectivity index (χ1n) is 12.8. The van der Waals surface area contributed by atoms with Gasteiger partial charge in [0.25, 0.3) is 0 Å². The van der Waals surface area contributed by atoms with E-state index in [4.69, 9.17) is 16.6 Å². The fourth-order valence-electron chi connectivity index (χ4n) is 3.67.